The molecule has 1 aromatic carbocycles. The van der Waals surface area contributed by atoms with E-state index in [9.17, 15) is 18.3 Å². The Balaban J connectivity index is 1.91. The summed E-state index contributed by atoms with van der Waals surface area (Å²) in [6.45, 7) is 0. The smallest absolute Gasteiger partial charge is 0.388 e. The van der Waals surface area contributed by atoms with Crippen LogP contribution in [-0.4, -0.2) is 27.6 Å². The fourth-order valence-corrected chi connectivity index (χ4v) is 5.15. The maximum Gasteiger partial charge on any atom is 0.415 e. The summed E-state index contributed by atoms with van der Waals surface area (Å²) in [6.07, 6.45) is -5.28. The molecule has 1 aromatic heterocycles. The van der Waals surface area contributed by atoms with Crippen molar-refractivity contribution in [3.8, 4) is 0 Å². The Morgan fingerprint density at radius 1 is 1.29 bits per heavy atom. The zero-order chi connectivity index (χ0) is 16.9. The number of alkyl halides is 4. The van der Waals surface area contributed by atoms with Crippen LogP contribution < -0.4 is 0 Å². The molecule has 3 nitrogen and oxygen atoms in total. The van der Waals surface area contributed by atoms with E-state index in [2.05, 4.69) is 10.2 Å². The lowest BCUT2D eigenvalue weighted by atomic mass is 9.69. The van der Waals surface area contributed by atoms with E-state index in [1.807, 2.05) is 0 Å². The quantitative estimate of drug-likeness (QED) is 0.712. The minimum atomic E-state index is -4.67. The molecule has 1 spiro atoms. The van der Waals surface area contributed by atoms with E-state index in [1.54, 1.807) is 6.07 Å². The summed E-state index contributed by atoms with van der Waals surface area (Å²) >= 11 is 0. The molecule has 0 amide bonds. The molecule has 1 saturated carbocycles. The van der Waals surface area contributed by atoms with Gasteiger partial charge in [0.2, 0.25) is 0 Å². The molecular formula is C17H14F4N2O. The van der Waals surface area contributed by atoms with Gasteiger partial charge in [-0.25, -0.2) is 4.39 Å². The van der Waals surface area contributed by atoms with Gasteiger partial charge in [0.05, 0.1) is 23.4 Å². The lowest BCUT2D eigenvalue weighted by molar-refractivity contribution is -0.111. The van der Waals surface area contributed by atoms with Crippen molar-refractivity contribution in [3.63, 3.8) is 0 Å². The molecular weight excluding hydrogens is 324 g/mol. The van der Waals surface area contributed by atoms with Gasteiger partial charge in [-0.3, -0.25) is 5.10 Å². The molecule has 7 heteroatoms. The zero-order valence-corrected chi connectivity index (χ0v) is 12.5. The molecule has 126 valence electrons. The van der Waals surface area contributed by atoms with E-state index in [0.717, 1.165) is 0 Å². The van der Waals surface area contributed by atoms with E-state index in [0.29, 0.717) is 23.7 Å². The molecule has 5 rings (SSSR count). The highest BCUT2D eigenvalue weighted by molar-refractivity contribution is 5.94. The molecule has 1 heterocycles. The van der Waals surface area contributed by atoms with Crippen LogP contribution in [0.15, 0.2) is 23.9 Å². The molecule has 0 saturated heterocycles. The van der Waals surface area contributed by atoms with Gasteiger partial charge in [-0.1, -0.05) is 6.07 Å². The number of fused-ring (bicyclic) bond motifs is 5. The highest BCUT2D eigenvalue weighted by atomic mass is 19.4. The SMILES string of the molecule is O[C@@H]1C(C(F)(F)F)=C2c3ccc4[nH]ncc4c3[C@H](F)[C@@]23CC[C@@H]1C3. The first-order chi connectivity index (χ1) is 11.3. The summed E-state index contributed by atoms with van der Waals surface area (Å²) in [4.78, 5) is 0. The fraction of sp³-hybridized carbons (Fsp3) is 0.471. The van der Waals surface area contributed by atoms with Gasteiger partial charge in [-0.05, 0) is 42.4 Å². The number of hydrogen-bond acceptors (Lipinski definition) is 2. The van der Waals surface area contributed by atoms with Crippen molar-refractivity contribution in [2.45, 2.75) is 37.7 Å². The molecule has 2 aromatic rings. The molecule has 4 atom stereocenters. The predicted octanol–water partition coefficient (Wildman–Crippen LogP) is 4.06. The van der Waals surface area contributed by atoms with Gasteiger partial charge in [-0.2, -0.15) is 18.3 Å². The van der Waals surface area contributed by atoms with Crippen LogP contribution in [0.2, 0.25) is 0 Å². The van der Waals surface area contributed by atoms with Crippen molar-refractivity contribution in [3.05, 3.63) is 35.0 Å². The monoisotopic (exact) mass is 338 g/mol. The molecule has 1 fully saturated rings. The number of allylic oxidation sites excluding steroid dienone is 1. The topological polar surface area (TPSA) is 48.9 Å². The minimum Gasteiger partial charge on any atom is -0.388 e. The Hall–Kier alpha value is -1.89. The number of hydrogen-bond donors (Lipinski definition) is 2. The number of aromatic amines is 1. The zero-order valence-electron chi connectivity index (χ0n) is 12.5. The van der Waals surface area contributed by atoms with E-state index in [1.165, 1.54) is 12.3 Å². The number of benzene rings is 1. The van der Waals surface area contributed by atoms with Gasteiger partial charge < -0.3 is 5.11 Å². The van der Waals surface area contributed by atoms with Crippen LogP contribution in [0.1, 0.15) is 36.6 Å². The van der Waals surface area contributed by atoms with E-state index in [-0.39, 0.29) is 23.1 Å². The third-order valence-corrected chi connectivity index (χ3v) is 6.08. The summed E-state index contributed by atoms with van der Waals surface area (Å²) < 4.78 is 56.7. The summed E-state index contributed by atoms with van der Waals surface area (Å²) in [7, 11) is 0. The molecule has 0 unspecified atom stereocenters. The summed E-state index contributed by atoms with van der Waals surface area (Å²) in [6, 6.07) is 3.16. The van der Waals surface area contributed by atoms with Crippen LogP contribution in [-0.2, 0) is 0 Å². The van der Waals surface area contributed by atoms with Crippen molar-refractivity contribution in [1.82, 2.24) is 10.2 Å². The van der Waals surface area contributed by atoms with Crippen molar-refractivity contribution < 1.29 is 22.7 Å². The van der Waals surface area contributed by atoms with Crippen LogP contribution in [0.25, 0.3) is 16.5 Å². The number of aliphatic hydroxyl groups excluding tert-OH is 1. The molecule has 24 heavy (non-hydrogen) atoms. The third-order valence-electron chi connectivity index (χ3n) is 6.08. The highest BCUT2D eigenvalue weighted by Gasteiger charge is 2.63. The minimum absolute atomic E-state index is 0.0261. The van der Waals surface area contributed by atoms with Crippen molar-refractivity contribution >= 4 is 16.5 Å². The second kappa shape index (κ2) is 4.20. The Bertz CT molecular complexity index is 900. The predicted molar refractivity (Wildman–Crippen MR) is 78.7 cm³/mol. The lowest BCUT2D eigenvalue weighted by Gasteiger charge is -2.37. The lowest BCUT2D eigenvalue weighted by Crippen LogP contribution is -2.37. The molecule has 3 aliphatic rings. The first-order valence-corrected chi connectivity index (χ1v) is 7.95. The second-order valence-electron chi connectivity index (χ2n) is 7.11. The molecule has 0 radical (unpaired) electrons. The van der Waals surface area contributed by atoms with E-state index in [4.69, 9.17) is 0 Å². The Morgan fingerprint density at radius 2 is 2.08 bits per heavy atom. The van der Waals surface area contributed by atoms with Crippen LogP contribution >= 0.6 is 0 Å². The van der Waals surface area contributed by atoms with Crippen LogP contribution in [0.5, 0.6) is 0 Å². The summed E-state index contributed by atoms with van der Waals surface area (Å²) in [5.41, 5.74) is -0.961. The standard InChI is InChI=1S/C17H14F4N2O/c18-15-11-8(1-2-10-9(11)6-22-23-10)12-13(17(19,20)21)14(24)7-3-4-16(12,15)5-7/h1-2,6-7,14-15,24H,3-5H2,(H,22,23)/t7-,14+,15+,16-/m1/s1. The number of H-pyrrole nitrogens is 1. The van der Waals surface area contributed by atoms with Gasteiger partial charge in [0.15, 0.2) is 0 Å². The first-order valence-electron chi connectivity index (χ1n) is 7.95. The number of nitrogens with one attached hydrogen (secondary N) is 1. The summed E-state index contributed by atoms with van der Waals surface area (Å²) in [5, 5.41) is 17.5. The average Bonchev–Trinajstić information content (AvgIpc) is 3.18. The molecule has 0 aliphatic heterocycles. The van der Waals surface area contributed by atoms with Crippen LogP contribution in [0.4, 0.5) is 17.6 Å². The number of aromatic nitrogens is 2. The van der Waals surface area contributed by atoms with Crippen molar-refractivity contribution in [1.29, 1.82) is 0 Å². The Morgan fingerprint density at radius 3 is 2.83 bits per heavy atom. The van der Waals surface area contributed by atoms with Gasteiger partial charge >= 0.3 is 6.18 Å². The van der Waals surface area contributed by atoms with E-state index < -0.39 is 35.4 Å². The van der Waals surface area contributed by atoms with Gasteiger partial charge in [-0.15, -0.1) is 0 Å². The second-order valence-corrected chi connectivity index (χ2v) is 7.11. The van der Waals surface area contributed by atoms with Gasteiger partial charge in [0.25, 0.3) is 0 Å². The van der Waals surface area contributed by atoms with Crippen molar-refractivity contribution in [2.24, 2.45) is 11.3 Å². The molecule has 3 aliphatic carbocycles. The number of halogens is 4. The normalized spacial score (nSPS) is 34.8. The highest BCUT2D eigenvalue weighted by Crippen LogP contribution is 2.70. The van der Waals surface area contributed by atoms with Gasteiger partial charge in [0.1, 0.15) is 6.17 Å². The molecule has 2 N–H and O–H groups in total. The van der Waals surface area contributed by atoms with Crippen LogP contribution in [0, 0.1) is 11.3 Å². The van der Waals surface area contributed by atoms with Gasteiger partial charge in [0, 0.05) is 16.4 Å². The van der Waals surface area contributed by atoms with E-state index >= 15 is 4.39 Å². The Kier molecular flexibility index (Phi) is 2.53. The summed E-state index contributed by atoms with van der Waals surface area (Å²) in [5.74, 6) is -0.530. The average molecular weight is 338 g/mol. The maximum absolute atomic E-state index is 15.5. The number of nitrogens with zero attached hydrogens (tertiary/aromatic N) is 1. The first kappa shape index (κ1) is 14.5. The molecule has 2 bridgehead atoms. The third kappa shape index (κ3) is 1.49. The Labute approximate surface area is 134 Å². The number of rotatable bonds is 0. The van der Waals surface area contributed by atoms with Crippen molar-refractivity contribution in [2.75, 3.05) is 0 Å². The largest absolute Gasteiger partial charge is 0.415 e. The number of aliphatic hydroxyl groups is 1. The van der Waals surface area contributed by atoms with Crippen LogP contribution in [0.3, 0.4) is 0 Å². The fourth-order valence-electron chi connectivity index (χ4n) is 5.15. The maximum atomic E-state index is 15.5.